The second-order valence-corrected chi connectivity index (χ2v) is 4.29. The quantitative estimate of drug-likeness (QED) is 0.746. The van der Waals surface area contributed by atoms with E-state index in [-0.39, 0.29) is 0 Å². The van der Waals surface area contributed by atoms with Crippen molar-refractivity contribution in [3.05, 3.63) is 30.3 Å². The molecule has 0 aliphatic heterocycles. The van der Waals surface area contributed by atoms with E-state index in [1.165, 1.54) is 0 Å². The van der Waals surface area contributed by atoms with Crippen LogP contribution in [0.15, 0.2) is 30.3 Å². The highest BCUT2D eigenvalue weighted by atomic mass is 15.6. The number of benzene rings is 1. The van der Waals surface area contributed by atoms with Crippen molar-refractivity contribution in [1.82, 2.24) is 25.5 Å². The van der Waals surface area contributed by atoms with Crippen LogP contribution in [-0.2, 0) is 0 Å². The molecule has 2 N–H and O–H groups in total. The Labute approximate surface area is 106 Å². The average molecular weight is 246 g/mol. The molecular weight excluding hydrogens is 228 g/mol. The lowest BCUT2D eigenvalue weighted by molar-refractivity contribution is 0.601. The molecule has 0 saturated heterocycles. The number of anilines is 1. The summed E-state index contributed by atoms with van der Waals surface area (Å²) in [4.78, 5) is 0. The number of rotatable bonds is 6. The summed E-state index contributed by atoms with van der Waals surface area (Å²) in [5.41, 5.74) is 0.946. The highest BCUT2D eigenvalue weighted by Gasteiger charge is 2.06. The van der Waals surface area contributed by atoms with Crippen LogP contribution in [0.5, 0.6) is 0 Å². The van der Waals surface area contributed by atoms with Crippen molar-refractivity contribution in [2.75, 3.05) is 18.4 Å². The van der Waals surface area contributed by atoms with Gasteiger partial charge in [-0.1, -0.05) is 37.1 Å². The maximum Gasteiger partial charge on any atom is 0.247 e. The van der Waals surface area contributed by atoms with Crippen LogP contribution in [0.3, 0.4) is 0 Å². The van der Waals surface area contributed by atoms with Gasteiger partial charge in [-0.15, -0.1) is 0 Å². The maximum atomic E-state index is 3.97. The Morgan fingerprint density at radius 3 is 2.67 bits per heavy atom. The first kappa shape index (κ1) is 12.5. The molecule has 1 aromatic carbocycles. The molecule has 96 valence electrons. The second kappa shape index (κ2) is 6.11. The van der Waals surface area contributed by atoms with E-state index in [1.807, 2.05) is 30.3 Å². The average Bonchev–Trinajstić information content (AvgIpc) is 2.84. The van der Waals surface area contributed by atoms with Gasteiger partial charge in [0.15, 0.2) is 0 Å². The molecule has 0 fully saturated rings. The summed E-state index contributed by atoms with van der Waals surface area (Å²) in [5, 5.41) is 18.2. The largest absolute Gasteiger partial charge is 0.351 e. The molecule has 0 unspecified atom stereocenters. The fourth-order valence-corrected chi connectivity index (χ4v) is 1.58. The van der Waals surface area contributed by atoms with Crippen LogP contribution >= 0.6 is 0 Å². The first-order chi connectivity index (χ1) is 8.77. The van der Waals surface area contributed by atoms with Crippen LogP contribution in [0, 0.1) is 0 Å². The van der Waals surface area contributed by atoms with Gasteiger partial charge in [0.05, 0.1) is 5.69 Å². The number of tetrazole rings is 1. The van der Waals surface area contributed by atoms with Crippen molar-refractivity contribution in [3.8, 4) is 5.69 Å². The molecular formula is C12H18N6. The van der Waals surface area contributed by atoms with Crippen molar-refractivity contribution in [2.45, 2.75) is 19.9 Å². The molecule has 0 aliphatic rings. The normalized spacial score (nSPS) is 10.8. The van der Waals surface area contributed by atoms with Gasteiger partial charge in [0.25, 0.3) is 0 Å². The SMILES string of the molecule is CC(C)NCCNc1nnnn1-c1ccccc1. The van der Waals surface area contributed by atoms with E-state index in [1.54, 1.807) is 4.68 Å². The molecule has 0 spiro atoms. The van der Waals surface area contributed by atoms with E-state index < -0.39 is 0 Å². The Balaban J connectivity index is 1.96. The minimum Gasteiger partial charge on any atom is -0.351 e. The maximum absolute atomic E-state index is 3.97. The molecule has 0 radical (unpaired) electrons. The monoisotopic (exact) mass is 246 g/mol. The Bertz CT molecular complexity index is 464. The molecule has 1 heterocycles. The van der Waals surface area contributed by atoms with Gasteiger partial charge in [0.2, 0.25) is 5.95 Å². The summed E-state index contributed by atoms with van der Waals surface area (Å²) in [5.74, 6) is 0.659. The second-order valence-electron chi connectivity index (χ2n) is 4.29. The summed E-state index contributed by atoms with van der Waals surface area (Å²) in [6, 6.07) is 10.3. The molecule has 6 heteroatoms. The molecule has 0 bridgehead atoms. The zero-order valence-corrected chi connectivity index (χ0v) is 10.7. The van der Waals surface area contributed by atoms with Crippen LogP contribution in [-0.4, -0.2) is 39.3 Å². The van der Waals surface area contributed by atoms with Gasteiger partial charge in [0.1, 0.15) is 0 Å². The number of para-hydroxylation sites is 1. The van der Waals surface area contributed by atoms with Crippen LogP contribution < -0.4 is 10.6 Å². The zero-order chi connectivity index (χ0) is 12.8. The van der Waals surface area contributed by atoms with Crippen molar-refractivity contribution < 1.29 is 0 Å². The van der Waals surface area contributed by atoms with Gasteiger partial charge in [0, 0.05) is 19.1 Å². The van der Waals surface area contributed by atoms with Gasteiger partial charge >= 0.3 is 0 Å². The standard InChI is InChI=1S/C12H18N6/c1-10(2)13-8-9-14-12-15-16-17-18(12)11-6-4-3-5-7-11/h3-7,10,13H,8-9H2,1-2H3,(H,14,15,17). The number of hydrogen-bond acceptors (Lipinski definition) is 5. The fourth-order valence-electron chi connectivity index (χ4n) is 1.58. The van der Waals surface area contributed by atoms with Crippen molar-refractivity contribution >= 4 is 5.95 Å². The zero-order valence-electron chi connectivity index (χ0n) is 10.7. The van der Waals surface area contributed by atoms with E-state index in [2.05, 4.69) is 40.0 Å². The molecule has 0 atom stereocenters. The third-order valence-electron chi connectivity index (χ3n) is 2.43. The fraction of sp³-hybridized carbons (Fsp3) is 0.417. The molecule has 2 aromatic rings. The summed E-state index contributed by atoms with van der Waals surface area (Å²) < 4.78 is 1.69. The smallest absolute Gasteiger partial charge is 0.247 e. The molecule has 6 nitrogen and oxygen atoms in total. The lowest BCUT2D eigenvalue weighted by Crippen LogP contribution is -2.28. The van der Waals surface area contributed by atoms with E-state index in [9.17, 15) is 0 Å². The van der Waals surface area contributed by atoms with Gasteiger partial charge < -0.3 is 10.6 Å². The van der Waals surface area contributed by atoms with Crippen LogP contribution in [0.2, 0.25) is 0 Å². The minimum atomic E-state index is 0.483. The molecule has 1 aromatic heterocycles. The van der Waals surface area contributed by atoms with E-state index in [4.69, 9.17) is 0 Å². The first-order valence-corrected chi connectivity index (χ1v) is 6.08. The molecule has 0 saturated carbocycles. The van der Waals surface area contributed by atoms with Crippen LogP contribution in [0.1, 0.15) is 13.8 Å². The third kappa shape index (κ3) is 3.27. The van der Waals surface area contributed by atoms with Crippen LogP contribution in [0.4, 0.5) is 5.95 Å². The summed E-state index contributed by atoms with van der Waals surface area (Å²) in [7, 11) is 0. The Kier molecular flexibility index (Phi) is 4.25. The number of nitrogens with one attached hydrogen (secondary N) is 2. The topological polar surface area (TPSA) is 67.7 Å². The minimum absolute atomic E-state index is 0.483. The Hall–Kier alpha value is -1.95. The summed E-state index contributed by atoms with van der Waals surface area (Å²) in [6.45, 7) is 5.90. The number of nitrogens with zero attached hydrogens (tertiary/aromatic N) is 4. The highest BCUT2D eigenvalue weighted by molar-refractivity contribution is 5.38. The van der Waals surface area contributed by atoms with Gasteiger partial charge in [-0.25, -0.2) is 0 Å². The van der Waals surface area contributed by atoms with Gasteiger partial charge in [-0.05, 0) is 22.6 Å². The summed E-state index contributed by atoms with van der Waals surface area (Å²) >= 11 is 0. The Morgan fingerprint density at radius 2 is 1.94 bits per heavy atom. The first-order valence-electron chi connectivity index (χ1n) is 6.08. The Morgan fingerprint density at radius 1 is 1.17 bits per heavy atom. The van der Waals surface area contributed by atoms with Crippen LogP contribution in [0.25, 0.3) is 5.69 Å². The van der Waals surface area contributed by atoms with E-state index in [0.29, 0.717) is 12.0 Å². The van der Waals surface area contributed by atoms with Crippen molar-refractivity contribution in [1.29, 1.82) is 0 Å². The molecule has 18 heavy (non-hydrogen) atoms. The summed E-state index contributed by atoms with van der Waals surface area (Å²) in [6.07, 6.45) is 0. The van der Waals surface area contributed by atoms with Crippen molar-refractivity contribution in [3.63, 3.8) is 0 Å². The highest BCUT2D eigenvalue weighted by Crippen LogP contribution is 2.09. The lowest BCUT2D eigenvalue weighted by Gasteiger charge is -2.09. The molecule has 0 aliphatic carbocycles. The van der Waals surface area contributed by atoms with Crippen molar-refractivity contribution in [2.24, 2.45) is 0 Å². The van der Waals surface area contributed by atoms with Gasteiger partial charge in [-0.2, -0.15) is 4.68 Å². The molecule has 0 amide bonds. The predicted octanol–water partition coefficient (Wildman–Crippen LogP) is 1.07. The lowest BCUT2D eigenvalue weighted by atomic mass is 10.3. The van der Waals surface area contributed by atoms with E-state index in [0.717, 1.165) is 18.8 Å². The predicted molar refractivity (Wildman–Crippen MR) is 70.8 cm³/mol. The molecule has 2 rings (SSSR count). The van der Waals surface area contributed by atoms with Gasteiger partial charge in [-0.3, -0.25) is 0 Å². The number of aromatic nitrogens is 4. The number of hydrogen-bond donors (Lipinski definition) is 2. The van der Waals surface area contributed by atoms with E-state index >= 15 is 0 Å². The third-order valence-corrected chi connectivity index (χ3v) is 2.43.